The molecule has 1 heterocycles. The van der Waals surface area contributed by atoms with Crippen molar-refractivity contribution in [3.05, 3.63) is 62.9 Å². The molecule has 0 aliphatic rings. The number of nitrogens with zero attached hydrogens (tertiary/aromatic N) is 1. The van der Waals surface area contributed by atoms with Gasteiger partial charge in [-0.2, -0.15) is 0 Å². The maximum absolute atomic E-state index is 11.8. The fraction of sp³-hybridized carbons (Fsp3) is 0.188. The van der Waals surface area contributed by atoms with Crippen molar-refractivity contribution in [2.45, 2.75) is 6.42 Å². The molecule has 0 bridgehead atoms. The summed E-state index contributed by atoms with van der Waals surface area (Å²) in [6, 6.07) is 10.2. The number of aromatic nitrogens is 1. The third-order valence-electron chi connectivity index (χ3n) is 2.99. The van der Waals surface area contributed by atoms with E-state index in [-0.39, 0.29) is 15.9 Å². The van der Waals surface area contributed by atoms with Crippen LogP contribution in [0.25, 0.3) is 0 Å². The molecular weight excluding hydrogens is 375 g/mol. The standard InChI is InChI=1S/C16H13Cl3N2O3/c17-11-3-1-10(2-4-11)7-8-20-14(22)9-24-16(23)15-12(18)5-6-13(19)21-15/h1-6H,7-9H2,(H,20,22). The number of carbonyl (C=O) groups excluding carboxylic acids is 2. The molecule has 2 rings (SSSR count). The molecule has 1 amide bonds. The third-order valence-corrected chi connectivity index (χ3v) is 3.76. The Kier molecular flexibility index (Phi) is 6.85. The van der Waals surface area contributed by atoms with Crippen LogP contribution in [0.5, 0.6) is 0 Å². The van der Waals surface area contributed by atoms with Crippen LogP contribution in [0.1, 0.15) is 16.1 Å². The summed E-state index contributed by atoms with van der Waals surface area (Å²) in [7, 11) is 0. The van der Waals surface area contributed by atoms with Crippen molar-refractivity contribution < 1.29 is 14.3 Å². The molecule has 2 aromatic rings. The van der Waals surface area contributed by atoms with E-state index in [9.17, 15) is 9.59 Å². The van der Waals surface area contributed by atoms with Gasteiger partial charge in [-0.3, -0.25) is 4.79 Å². The fourth-order valence-electron chi connectivity index (χ4n) is 1.81. The van der Waals surface area contributed by atoms with Gasteiger partial charge >= 0.3 is 5.97 Å². The first kappa shape index (κ1) is 18.5. The van der Waals surface area contributed by atoms with Crippen LogP contribution in [-0.2, 0) is 16.0 Å². The molecule has 0 atom stereocenters. The summed E-state index contributed by atoms with van der Waals surface area (Å²) in [5.41, 5.74) is 0.907. The van der Waals surface area contributed by atoms with Crippen LogP contribution in [-0.4, -0.2) is 30.0 Å². The minimum atomic E-state index is -0.810. The summed E-state index contributed by atoms with van der Waals surface area (Å²) in [5, 5.41) is 3.52. The Morgan fingerprint density at radius 1 is 1.04 bits per heavy atom. The molecule has 1 aromatic heterocycles. The lowest BCUT2D eigenvalue weighted by atomic mass is 10.1. The summed E-state index contributed by atoms with van der Waals surface area (Å²) in [6.07, 6.45) is 0.637. The zero-order chi connectivity index (χ0) is 17.5. The average Bonchev–Trinajstić information content (AvgIpc) is 2.56. The van der Waals surface area contributed by atoms with Gasteiger partial charge in [-0.15, -0.1) is 0 Å². The highest BCUT2D eigenvalue weighted by atomic mass is 35.5. The molecule has 0 aliphatic carbocycles. The van der Waals surface area contributed by atoms with Crippen molar-refractivity contribution in [1.29, 1.82) is 0 Å². The average molecular weight is 388 g/mol. The van der Waals surface area contributed by atoms with Gasteiger partial charge in [0.1, 0.15) is 5.15 Å². The highest BCUT2D eigenvalue weighted by molar-refractivity contribution is 6.34. The highest BCUT2D eigenvalue weighted by Crippen LogP contribution is 2.17. The Hall–Kier alpha value is -1.82. The van der Waals surface area contributed by atoms with Gasteiger partial charge in [-0.25, -0.2) is 9.78 Å². The highest BCUT2D eigenvalue weighted by Gasteiger charge is 2.16. The van der Waals surface area contributed by atoms with Gasteiger partial charge in [0.2, 0.25) is 0 Å². The summed E-state index contributed by atoms with van der Waals surface area (Å²) in [6.45, 7) is -0.0157. The molecule has 8 heteroatoms. The zero-order valence-electron chi connectivity index (χ0n) is 12.4. The number of nitrogens with one attached hydrogen (secondary N) is 1. The monoisotopic (exact) mass is 386 g/mol. The summed E-state index contributed by atoms with van der Waals surface area (Å²) < 4.78 is 4.87. The molecule has 126 valence electrons. The van der Waals surface area contributed by atoms with Crippen LogP contribution in [0.2, 0.25) is 15.2 Å². The molecule has 1 aromatic carbocycles. The second-order valence-electron chi connectivity index (χ2n) is 4.77. The van der Waals surface area contributed by atoms with Crippen LogP contribution in [0.15, 0.2) is 36.4 Å². The Morgan fingerprint density at radius 3 is 2.46 bits per heavy atom. The molecule has 0 fully saturated rings. The lowest BCUT2D eigenvalue weighted by molar-refractivity contribution is -0.124. The Bertz CT molecular complexity index is 736. The lowest BCUT2D eigenvalue weighted by Gasteiger charge is -2.07. The molecule has 0 aliphatic heterocycles. The van der Waals surface area contributed by atoms with Crippen molar-refractivity contribution in [2.24, 2.45) is 0 Å². The molecule has 24 heavy (non-hydrogen) atoms. The largest absolute Gasteiger partial charge is 0.451 e. The van der Waals surface area contributed by atoms with E-state index in [0.717, 1.165) is 5.56 Å². The van der Waals surface area contributed by atoms with Crippen molar-refractivity contribution in [3.8, 4) is 0 Å². The van der Waals surface area contributed by atoms with Crippen molar-refractivity contribution in [1.82, 2.24) is 10.3 Å². The normalized spacial score (nSPS) is 10.3. The van der Waals surface area contributed by atoms with E-state index in [2.05, 4.69) is 10.3 Å². The maximum Gasteiger partial charge on any atom is 0.359 e. The van der Waals surface area contributed by atoms with Crippen LogP contribution in [0.4, 0.5) is 0 Å². The summed E-state index contributed by atoms with van der Waals surface area (Å²) in [5.74, 6) is -1.23. The van der Waals surface area contributed by atoms with E-state index in [1.165, 1.54) is 12.1 Å². The van der Waals surface area contributed by atoms with Crippen LogP contribution in [0, 0.1) is 0 Å². The van der Waals surface area contributed by atoms with E-state index in [1.54, 1.807) is 12.1 Å². The van der Waals surface area contributed by atoms with Gasteiger partial charge in [0.15, 0.2) is 12.3 Å². The zero-order valence-corrected chi connectivity index (χ0v) is 14.7. The number of esters is 1. The topological polar surface area (TPSA) is 68.3 Å². The molecule has 5 nitrogen and oxygen atoms in total. The summed E-state index contributed by atoms with van der Waals surface area (Å²) in [4.78, 5) is 27.3. The fourth-order valence-corrected chi connectivity index (χ4v) is 2.27. The number of rotatable bonds is 6. The molecule has 0 saturated carbocycles. The van der Waals surface area contributed by atoms with E-state index in [0.29, 0.717) is 18.0 Å². The second kappa shape index (κ2) is 8.87. The molecule has 0 saturated heterocycles. The first-order chi connectivity index (χ1) is 11.5. The van der Waals surface area contributed by atoms with Gasteiger partial charge in [-0.1, -0.05) is 46.9 Å². The predicted octanol–water partition coefficient (Wildman–Crippen LogP) is 3.56. The number of benzene rings is 1. The first-order valence-electron chi connectivity index (χ1n) is 6.96. The molecule has 0 radical (unpaired) electrons. The van der Waals surface area contributed by atoms with Crippen LogP contribution in [0.3, 0.4) is 0 Å². The van der Waals surface area contributed by atoms with Crippen molar-refractivity contribution in [2.75, 3.05) is 13.2 Å². The number of carbonyl (C=O) groups is 2. The van der Waals surface area contributed by atoms with E-state index < -0.39 is 18.5 Å². The first-order valence-corrected chi connectivity index (χ1v) is 8.09. The smallest absolute Gasteiger partial charge is 0.359 e. The number of hydrogen-bond acceptors (Lipinski definition) is 4. The van der Waals surface area contributed by atoms with Crippen molar-refractivity contribution >= 4 is 46.7 Å². The number of pyridine rings is 1. The number of ether oxygens (including phenoxy) is 1. The second-order valence-corrected chi connectivity index (χ2v) is 6.00. The van der Waals surface area contributed by atoms with E-state index in [1.807, 2.05) is 12.1 Å². The lowest BCUT2D eigenvalue weighted by Crippen LogP contribution is -2.30. The van der Waals surface area contributed by atoms with Gasteiger partial charge in [0.25, 0.3) is 5.91 Å². The molecule has 1 N–H and O–H groups in total. The predicted molar refractivity (Wildman–Crippen MR) is 92.7 cm³/mol. The Labute approximate surface area is 153 Å². The number of amides is 1. The van der Waals surface area contributed by atoms with Gasteiger partial charge in [0, 0.05) is 11.6 Å². The maximum atomic E-state index is 11.8. The molecule has 0 spiro atoms. The van der Waals surface area contributed by atoms with Gasteiger partial charge in [0.05, 0.1) is 5.02 Å². The minimum Gasteiger partial charge on any atom is -0.451 e. The number of halogens is 3. The minimum absolute atomic E-state index is 0.104. The van der Waals surface area contributed by atoms with E-state index in [4.69, 9.17) is 39.5 Å². The van der Waals surface area contributed by atoms with Gasteiger partial charge < -0.3 is 10.1 Å². The Morgan fingerprint density at radius 2 is 1.75 bits per heavy atom. The SMILES string of the molecule is O=C(COC(=O)c1nc(Cl)ccc1Cl)NCCc1ccc(Cl)cc1. The van der Waals surface area contributed by atoms with Crippen LogP contribution < -0.4 is 5.32 Å². The molecular formula is C16H13Cl3N2O3. The van der Waals surface area contributed by atoms with Crippen molar-refractivity contribution in [3.63, 3.8) is 0 Å². The Balaban J connectivity index is 1.75. The molecule has 0 unspecified atom stereocenters. The van der Waals surface area contributed by atoms with Crippen LogP contribution >= 0.6 is 34.8 Å². The van der Waals surface area contributed by atoms with E-state index >= 15 is 0 Å². The third kappa shape index (κ3) is 5.67. The number of hydrogen-bond donors (Lipinski definition) is 1. The summed E-state index contributed by atoms with van der Waals surface area (Å²) >= 11 is 17.3. The quantitative estimate of drug-likeness (QED) is 0.608. The van der Waals surface area contributed by atoms with Gasteiger partial charge in [-0.05, 0) is 36.2 Å².